The Balaban J connectivity index is 2.65. The third-order valence-corrected chi connectivity index (χ3v) is 4.22. The second kappa shape index (κ2) is 8.63. The van der Waals surface area contributed by atoms with Gasteiger partial charge < -0.3 is 16.2 Å². The van der Waals surface area contributed by atoms with Crippen LogP contribution in [-0.4, -0.2) is 39.3 Å². The van der Waals surface area contributed by atoms with Gasteiger partial charge in [-0.25, -0.2) is 13.3 Å². The van der Waals surface area contributed by atoms with Crippen LogP contribution in [0.2, 0.25) is 0 Å². The van der Waals surface area contributed by atoms with Crippen LogP contribution in [0.1, 0.15) is 20.3 Å². The summed E-state index contributed by atoms with van der Waals surface area (Å²) in [5, 5.41) is 10.9. The van der Waals surface area contributed by atoms with Crippen LogP contribution in [0.15, 0.2) is 29.2 Å². The zero-order valence-electron chi connectivity index (χ0n) is 12.4. The van der Waals surface area contributed by atoms with Crippen LogP contribution in [0.25, 0.3) is 0 Å². The van der Waals surface area contributed by atoms with Crippen LogP contribution >= 0.6 is 0 Å². The molecule has 0 saturated heterocycles. The molecule has 0 aliphatic rings. The van der Waals surface area contributed by atoms with E-state index in [0.29, 0.717) is 42.6 Å². The third kappa shape index (κ3) is 6.59. The summed E-state index contributed by atoms with van der Waals surface area (Å²) in [5.41, 5.74) is 6.27. The molecule has 1 aromatic rings. The van der Waals surface area contributed by atoms with Gasteiger partial charge in [-0.05, 0) is 36.6 Å². The molecule has 7 heteroatoms. The van der Waals surface area contributed by atoms with E-state index in [9.17, 15) is 9.00 Å². The molecule has 0 fully saturated rings. The molecule has 118 valence electrons. The van der Waals surface area contributed by atoms with Crippen molar-refractivity contribution in [2.75, 3.05) is 25.4 Å². The second-order valence-electron chi connectivity index (χ2n) is 5.19. The Bertz CT molecular complexity index is 477. The maximum Gasteiger partial charge on any atom is 0.404 e. The van der Waals surface area contributed by atoms with Crippen LogP contribution < -0.4 is 11.1 Å². The average molecular weight is 313 g/mol. The number of hydrogen-bond acceptors (Lipinski definition) is 3. The molecule has 1 amide bonds. The summed E-state index contributed by atoms with van der Waals surface area (Å²) in [6, 6.07) is 6.97. The zero-order valence-corrected chi connectivity index (χ0v) is 13.2. The Morgan fingerprint density at radius 2 is 2.00 bits per heavy atom. The first-order chi connectivity index (χ1) is 9.90. The van der Waals surface area contributed by atoms with E-state index < -0.39 is 17.1 Å². The predicted octanol–water partition coefficient (Wildman–Crippen LogP) is 1.91. The minimum Gasteiger partial charge on any atom is -0.465 e. The summed E-state index contributed by atoms with van der Waals surface area (Å²) >= 11 is 0. The summed E-state index contributed by atoms with van der Waals surface area (Å²) in [7, 11) is -1.26. The lowest BCUT2D eigenvalue weighted by Gasteiger charge is -2.23. The quantitative estimate of drug-likeness (QED) is 0.504. The molecular weight excluding hydrogens is 290 g/mol. The van der Waals surface area contributed by atoms with Crippen LogP contribution in [0.4, 0.5) is 10.5 Å². The highest BCUT2D eigenvalue weighted by Gasteiger charge is 2.16. The van der Waals surface area contributed by atoms with E-state index in [4.69, 9.17) is 10.8 Å². The highest BCUT2D eigenvalue weighted by atomic mass is 32.2. The second-order valence-corrected chi connectivity index (χ2v) is 6.67. The number of anilines is 1. The van der Waals surface area contributed by atoms with Crippen molar-refractivity contribution < 1.29 is 14.1 Å². The number of nitrogen functional groups attached to an aromatic ring is 1. The first kappa shape index (κ1) is 17.5. The molecule has 0 aliphatic heterocycles. The maximum atomic E-state index is 12.6. The molecule has 1 aromatic carbocycles. The van der Waals surface area contributed by atoms with E-state index in [2.05, 4.69) is 19.2 Å². The monoisotopic (exact) mass is 313 g/mol. The van der Waals surface area contributed by atoms with Crippen molar-refractivity contribution in [2.24, 2.45) is 5.92 Å². The van der Waals surface area contributed by atoms with Gasteiger partial charge in [0.05, 0.1) is 4.90 Å². The smallest absolute Gasteiger partial charge is 0.404 e. The number of benzene rings is 1. The largest absolute Gasteiger partial charge is 0.465 e. The lowest BCUT2D eigenvalue weighted by Crippen LogP contribution is -2.33. The number of nitrogens with zero attached hydrogens (tertiary/aromatic N) is 1. The Morgan fingerprint density at radius 1 is 1.38 bits per heavy atom. The molecular formula is C14H23N3O3S. The fourth-order valence-electron chi connectivity index (χ4n) is 1.83. The van der Waals surface area contributed by atoms with Gasteiger partial charge in [-0.3, -0.25) is 0 Å². The SMILES string of the molecule is CC(C)CN(CCCNC(=O)O)S(=O)c1ccc(N)cc1. The van der Waals surface area contributed by atoms with Gasteiger partial charge in [0.15, 0.2) is 0 Å². The first-order valence-electron chi connectivity index (χ1n) is 6.89. The predicted molar refractivity (Wildman–Crippen MR) is 84.3 cm³/mol. The molecule has 0 radical (unpaired) electrons. The molecule has 0 bridgehead atoms. The van der Waals surface area contributed by atoms with Crippen LogP contribution in [0.5, 0.6) is 0 Å². The van der Waals surface area contributed by atoms with Crippen LogP contribution in [0, 0.1) is 5.92 Å². The van der Waals surface area contributed by atoms with E-state index in [1.807, 2.05) is 4.31 Å². The zero-order chi connectivity index (χ0) is 15.8. The number of amides is 1. The summed E-state index contributed by atoms with van der Waals surface area (Å²) in [6.07, 6.45) is -0.426. The standard InChI is InChI=1S/C14H23N3O3S/c1-11(2)10-17(9-3-8-16-14(18)19)21(20)13-6-4-12(15)5-7-13/h4-7,11,16H,3,8-10,15H2,1-2H3,(H,18,19). The van der Waals surface area contributed by atoms with Gasteiger partial charge in [-0.2, -0.15) is 0 Å². The van der Waals surface area contributed by atoms with E-state index >= 15 is 0 Å². The van der Waals surface area contributed by atoms with Gasteiger partial charge in [0, 0.05) is 25.3 Å². The molecule has 1 unspecified atom stereocenters. The number of carbonyl (C=O) groups is 1. The van der Waals surface area contributed by atoms with Crippen molar-refractivity contribution in [1.29, 1.82) is 0 Å². The van der Waals surface area contributed by atoms with Gasteiger partial charge in [-0.15, -0.1) is 0 Å². The molecule has 0 heterocycles. The van der Waals surface area contributed by atoms with Crippen molar-refractivity contribution in [3.63, 3.8) is 0 Å². The molecule has 0 saturated carbocycles. The van der Waals surface area contributed by atoms with E-state index in [-0.39, 0.29) is 0 Å². The summed E-state index contributed by atoms with van der Waals surface area (Å²) in [4.78, 5) is 11.1. The van der Waals surface area contributed by atoms with Crippen molar-refractivity contribution in [2.45, 2.75) is 25.2 Å². The Hall–Kier alpha value is -1.60. The van der Waals surface area contributed by atoms with Gasteiger partial charge >= 0.3 is 6.09 Å². The van der Waals surface area contributed by atoms with Gasteiger partial charge in [-0.1, -0.05) is 13.8 Å². The van der Waals surface area contributed by atoms with Gasteiger partial charge in [0.2, 0.25) is 0 Å². The maximum absolute atomic E-state index is 12.6. The lowest BCUT2D eigenvalue weighted by atomic mass is 10.2. The number of carboxylic acid groups (broad SMARTS) is 1. The molecule has 0 aliphatic carbocycles. The first-order valence-corrected chi connectivity index (χ1v) is 8.00. The fraction of sp³-hybridized carbons (Fsp3) is 0.500. The molecule has 0 aromatic heterocycles. The van der Waals surface area contributed by atoms with Crippen molar-refractivity contribution >= 4 is 22.8 Å². The highest BCUT2D eigenvalue weighted by Crippen LogP contribution is 2.15. The Morgan fingerprint density at radius 3 is 2.52 bits per heavy atom. The normalized spacial score (nSPS) is 12.6. The van der Waals surface area contributed by atoms with Gasteiger partial charge in [0.1, 0.15) is 11.0 Å². The third-order valence-electron chi connectivity index (χ3n) is 2.75. The van der Waals surface area contributed by atoms with E-state index in [0.717, 1.165) is 0 Å². The fourth-order valence-corrected chi connectivity index (χ4v) is 3.23. The van der Waals surface area contributed by atoms with Gasteiger partial charge in [0.25, 0.3) is 0 Å². The lowest BCUT2D eigenvalue weighted by molar-refractivity contribution is 0.194. The highest BCUT2D eigenvalue weighted by molar-refractivity contribution is 7.82. The number of nitrogens with one attached hydrogen (secondary N) is 1. The molecule has 4 N–H and O–H groups in total. The minimum atomic E-state index is -1.26. The van der Waals surface area contributed by atoms with Crippen molar-refractivity contribution in [3.05, 3.63) is 24.3 Å². The molecule has 1 atom stereocenters. The Labute approximate surface area is 127 Å². The topological polar surface area (TPSA) is 95.7 Å². The summed E-state index contributed by atoms with van der Waals surface area (Å²) < 4.78 is 14.4. The molecule has 6 nitrogen and oxygen atoms in total. The average Bonchev–Trinajstić information content (AvgIpc) is 2.41. The molecule has 21 heavy (non-hydrogen) atoms. The summed E-state index contributed by atoms with van der Waals surface area (Å²) in [6.45, 7) is 5.72. The van der Waals surface area contributed by atoms with E-state index in [1.54, 1.807) is 24.3 Å². The number of rotatable bonds is 8. The number of hydrogen-bond donors (Lipinski definition) is 3. The minimum absolute atomic E-state index is 0.350. The summed E-state index contributed by atoms with van der Waals surface area (Å²) in [5.74, 6) is 0.371. The Kier molecular flexibility index (Phi) is 7.18. The molecule has 1 rings (SSSR count). The van der Waals surface area contributed by atoms with E-state index in [1.165, 1.54) is 0 Å². The number of nitrogens with two attached hydrogens (primary N) is 1. The van der Waals surface area contributed by atoms with Crippen molar-refractivity contribution in [1.82, 2.24) is 9.62 Å². The molecule has 0 spiro atoms. The van der Waals surface area contributed by atoms with Crippen molar-refractivity contribution in [3.8, 4) is 0 Å². The van der Waals surface area contributed by atoms with Crippen LogP contribution in [-0.2, 0) is 11.0 Å². The van der Waals surface area contributed by atoms with Crippen LogP contribution in [0.3, 0.4) is 0 Å².